The van der Waals surface area contributed by atoms with Gasteiger partial charge < -0.3 is 4.74 Å². The Morgan fingerprint density at radius 3 is 2.60 bits per heavy atom. The van der Waals surface area contributed by atoms with E-state index in [1.54, 1.807) is 13.0 Å². The molecule has 0 aliphatic carbocycles. The summed E-state index contributed by atoms with van der Waals surface area (Å²) in [6.07, 6.45) is -0.114. The van der Waals surface area contributed by atoms with E-state index in [0.29, 0.717) is 5.56 Å². The molecule has 0 aromatic heterocycles. The smallest absolute Gasteiger partial charge is 0.446 e. The van der Waals surface area contributed by atoms with Crippen LogP contribution < -0.4 is 0 Å². The quantitative estimate of drug-likeness (QED) is 0.630. The average molecular weight is 303 g/mol. The van der Waals surface area contributed by atoms with Gasteiger partial charge in [0.1, 0.15) is 6.07 Å². The third-order valence-corrected chi connectivity index (χ3v) is 3.46. The molecule has 0 bridgehead atoms. The first kappa shape index (κ1) is 16.4. The van der Waals surface area contributed by atoms with Gasteiger partial charge >= 0.3 is 11.5 Å². The second kappa shape index (κ2) is 6.66. The number of benzene rings is 1. The summed E-state index contributed by atoms with van der Waals surface area (Å²) in [6.45, 7) is 3.32. The monoisotopic (exact) mass is 303 g/mol. The lowest BCUT2D eigenvalue weighted by Gasteiger charge is -2.13. The summed E-state index contributed by atoms with van der Waals surface area (Å²) >= 11 is -0.341. The number of nitrogens with zero attached hydrogens (tertiary/aromatic N) is 1. The first-order chi connectivity index (χ1) is 9.28. The molecule has 0 unspecified atom stereocenters. The Kier molecular flexibility index (Phi) is 5.45. The van der Waals surface area contributed by atoms with E-state index < -0.39 is 11.5 Å². The Balaban J connectivity index is 3.15. The van der Waals surface area contributed by atoms with Gasteiger partial charge in [-0.2, -0.15) is 18.4 Å². The van der Waals surface area contributed by atoms with E-state index in [1.165, 1.54) is 19.1 Å². The van der Waals surface area contributed by atoms with Crippen molar-refractivity contribution in [3.63, 3.8) is 0 Å². The summed E-state index contributed by atoms with van der Waals surface area (Å²) in [5, 5.41) is 8.87. The van der Waals surface area contributed by atoms with E-state index in [0.717, 1.165) is 0 Å². The fraction of sp³-hybridized carbons (Fsp3) is 0.385. The first-order valence-electron chi connectivity index (χ1n) is 5.72. The number of ether oxygens (including phenoxy) is 1. The summed E-state index contributed by atoms with van der Waals surface area (Å²) in [6, 6.07) is 4.49. The minimum atomic E-state index is -4.49. The molecule has 0 heterocycles. The normalized spacial score (nSPS) is 11.0. The predicted octanol–water partition coefficient (Wildman–Crippen LogP) is 3.58. The largest absolute Gasteiger partial charge is 0.466 e. The maximum absolute atomic E-state index is 12.5. The molecule has 0 aliphatic heterocycles. The van der Waals surface area contributed by atoms with E-state index in [1.807, 2.05) is 0 Å². The molecule has 3 nitrogen and oxygen atoms in total. The van der Waals surface area contributed by atoms with E-state index in [2.05, 4.69) is 0 Å². The number of thioether (sulfide) groups is 1. The molecular weight excluding hydrogens is 291 g/mol. The van der Waals surface area contributed by atoms with Crippen LogP contribution in [0.3, 0.4) is 0 Å². The van der Waals surface area contributed by atoms with Gasteiger partial charge in [-0.1, -0.05) is 6.07 Å². The van der Waals surface area contributed by atoms with Gasteiger partial charge in [-0.25, -0.2) is 0 Å². The fourth-order valence-electron chi connectivity index (χ4n) is 1.63. The van der Waals surface area contributed by atoms with E-state index in [-0.39, 0.29) is 40.8 Å². The van der Waals surface area contributed by atoms with Gasteiger partial charge in [0, 0.05) is 4.90 Å². The van der Waals surface area contributed by atoms with Gasteiger partial charge in [-0.05, 0) is 42.8 Å². The average Bonchev–Trinajstić information content (AvgIpc) is 2.33. The molecule has 1 rings (SSSR count). The van der Waals surface area contributed by atoms with Crippen molar-refractivity contribution in [2.75, 3.05) is 6.61 Å². The standard InChI is InChI=1S/C13H12F3NO2S/c1-3-19-11(18)6-9-4-5-10(7-17)12(8(9)2)20-13(14,15)16/h4-5H,3,6H2,1-2H3. The summed E-state index contributed by atoms with van der Waals surface area (Å²) in [7, 11) is 0. The number of carbonyl (C=O) groups is 1. The number of hydrogen-bond acceptors (Lipinski definition) is 4. The maximum Gasteiger partial charge on any atom is 0.446 e. The van der Waals surface area contributed by atoms with E-state index >= 15 is 0 Å². The number of alkyl halides is 3. The first-order valence-corrected chi connectivity index (χ1v) is 6.54. The van der Waals surface area contributed by atoms with Crippen molar-refractivity contribution in [3.05, 3.63) is 28.8 Å². The molecule has 0 amide bonds. The van der Waals surface area contributed by atoms with Crippen molar-refractivity contribution in [2.45, 2.75) is 30.7 Å². The minimum Gasteiger partial charge on any atom is -0.466 e. The van der Waals surface area contributed by atoms with E-state index in [9.17, 15) is 18.0 Å². The Morgan fingerprint density at radius 2 is 2.10 bits per heavy atom. The van der Waals surface area contributed by atoms with Crippen molar-refractivity contribution in [1.82, 2.24) is 0 Å². The molecular formula is C13H12F3NO2S. The summed E-state index contributed by atoms with van der Waals surface area (Å²) in [5.74, 6) is -0.511. The molecule has 0 spiro atoms. The molecule has 0 fully saturated rings. The Morgan fingerprint density at radius 1 is 1.45 bits per heavy atom. The molecule has 0 saturated heterocycles. The van der Waals surface area contributed by atoms with Gasteiger partial charge in [0.15, 0.2) is 0 Å². The zero-order chi connectivity index (χ0) is 15.3. The minimum absolute atomic E-state index is 0.0579. The predicted molar refractivity (Wildman–Crippen MR) is 68.1 cm³/mol. The van der Waals surface area contributed by atoms with Crippen LogP contribution in [0.4, 0.5) is 13.2 Å². The molecule has 0 saturated carbocycles. The van der Waals surface area contributed by atoms with Crippen molar-refractivity contribution >= 4 is 17.7 Å². The lowest BCUT2D eigenvalue weighted by molar-refractivity contribution is -0.142. The SMILES string of the molecule is CCOC(=O)Cc1ccc(C#N)c(SC(F)(F)F)c1C. The second-order valence-corrected chi connectivity index (χ2v) is 4.94. The van der Waals surface area contributed by atoms with Crippen molar-refractivity contribution in [1.29, 1.82) is 5.26 Å². The molecule has 7 heteroatoms. The van der Waals surface area contributed by atoms with Crippen LogP contribution in [-0.4, -0.2) is 18.1 Å². The van der Waals surface area contributed by atoms with Crippen LogP contribution in [0.25, 0.3) is 0 Å². The van der Waals surface area contributed by atoms with Gasteiger partial charge in [0.2, 0.25) is 0 Å². The number of rotatable bonds is 4. The highest BCUT2D eigenvalue weighted by atomic mass is 32.2. The van der Waals surface area contributed by atoms with E-state index in [4.69, 9.17) is 10.00 Å². The topological polar surface area (TPSA) is 50.1 Å². The van der Waals surface area contributed by atoms with Crippen LogP contribution in [0.2, 0.25) is 0 Å². The van der Waals surface area contributed by atoms with Crippen LogP contribution in [0.5, 0.6) is 0 Å². The number of carbonyl (C=O) groups excluding carboxylic acids is 1. The third kappa shape index (κ3) is 4.46. The lowest BCUT2D eigenvalue weighted by Crippen LogP contribution is -2.10. The number of esters is 1. The number of halogens is 3. The zero-order valence-corrected chi connectivity index (χ0v) is 11.7. The van der Waals surface area contributed by atoms with Crippen LogP contribution in [0.1, 0.15) is 23.6 Å². The van der Waals surface area contributed by atoms with Gasteiger partial charge in [0.25, 0.3) is 0 Å². The molecule has 108 valence electrons. The van der Waals surface area contributed by atoms with Gasteiger partial charge in [-0.3, -0.25) is 4.79 Å². The van der Waals surface area contributed by atoms with Gasteiger partial charge in [0.05, 0.1) is 18.6 Å². The summed E-state index contributed by atoms with van der Waals surface area (Å²) in [4.78, 5) is 11.2. The highest BCUT2D eigenvalue weighted by molar-refractivity contribution is 8.00. The molecule has 20 heavy (non-hydrogen) atoms. The highest BCUT2D eigenvalue weighted by Gasteiger charge is 2.32. The number of hydrogen-bond donors (Lipinski definition) is 0. The summed E-state index contributed by atoms with van der Waals surface area (Å²) in [5.41, 5.74) is -3.84. The van der Waals surface area contributed by atoms with Crippen molar-refractivity contribution < 1.29 is 22.7 Å². The molecule has 1 aromatic rings. The maximum atomic E-state index is 12.5. The molecule has 0 N–H and O–H groups in total. The highest BCUT2D eigenvalue weighted by Crippen LogP contribution is 2.41. The Hall–Kier alpha value is -1.68. The van der Waals surface area contributed by atoms with Crippen LogP contribution in [0.15, 0.2) is 17.0 Å². The molecule has 1 aromatic carbocycles. The Labute approximate surface area is 118 Å². The summed E-state index contributed by atoms with van der Waals surface area (Å²) < 4.78 is 42.3. The Bertz CT molecular complexity index is 550. The van der Waals surface area contributed by atoms with Crippen molar-refractivity contribution in [2.24, 2.45) is 0 Å². The van der Waals surface area contributed by atoms with Gasteiger partial charge in [-0.15, -0.1) is 0 Å². The van der Waals surface area contributed by atoms with Crippen LogP contribution >= 0.6 is 11.8 Å². The van der Waals surface area contributed by atoms with Crippen LogP contribution in [-0.2, 0) is 16.0 Å². The molecule has 0 aliphatic rings. The number of nitriles is 1. The molecule has 0 atom stereocenters. The zero-order valence-electron chi connectivity index (χ0n) is 10.9. The third-order valence-electron chi connectivity index (χ3n) is 2.50. The second-order valence-electron chi connectivity index (χ2n) is 3.87. The molecule has 0 radical (unpaired) electrons. The van der Waals surface area contributed by atoms with Crippen LogP contribution in [0, 0.1) is 18.3 Å². The van der Waals surface area contributed by atoms with Crippen molar-refractivity contribution in [3.8, 4) is 6.07 Å². The lowest BCUT2D eigenvalue weighted by atomic mass is 10.0. The fourth-order valence-corrected chi connectivity index (χ4v) is 2.37.